The van der Waals surface area contributed by atoms with E-state index in [1.165, 1.54) is 0 Å². The topological polar surface area (TPSA) is 76.7 Å². The number of rotatable bonds is 4. The Morgan fingerprint density at radius 2 is 2.12 bits per heavy atom. The zero-order valence-corrected chi connectivity index (χ0v) is 10.6. The average Bonchev–Trinajstić information content (AvgIpc) is 2.39. The van der Waals surface area contributed by atoms with Crippen LogP contribution in [0.3, 0.4) is 0 Å². The van der Waals surface area contributed by atoms with Gasteiger partial charge in [-0.15, -0.1) is 0 Å². The molecule has 2 heterocycles. The van der Waals surface area contributed by atoms with Crippen LogP contribution < -0.4 is 11.3 Å². The van der Waals surface area contributed by atoms with Crippen LogP contribution in [-0.2, 0) is 6.42 Å². The number of nitrogens with one attached hydrogen (secondary N) is 1. The molecule has 0 aromatic carbocycles. The largest absolute Gasteiger partial charge is 0.271 e. The van der Waals surface area contributed by atoms with Crippen molar-refractivity contribution < 1.29 is 0 Å². The van der Waals surface area contributed by atoms with E-state index in [4.69, 9.17) is 5.84 Å². The van der Waals surface area contributed by atoms with Crippen molar-refractivity contribution in [1.29, 1.82) is 0 Å². The highest BCUT2D eigenvalue weighted by Crippen LogP contribution is 2.15. The van der Waals surface area contributed by atoms with Gasteiger partial charge in [0, 0.05) is 35.2 Å². The van der Waals surface area contributed by atoms with E-state index in [9.17, 15) is 0 Å². The monoisotopic (exact) mass is 293 g/mol. The first-order valence-corrected chi connectivity index (χ1v) is 5.91. The second kappa shape index (κ2) is 5.81. The molecule has 0 aliphatic rings. The number of aromatic nitrogens is 3. The van der Waals surface area contributed by atoms with Crippen molar-refractivity contribution in [2.75, 3.05) is 0 Å². The Bertz CT molecular complexity index is 459. The van der Waals surface area contributed by atoms with Crippen molar-refractivity contribution in [3.63, 3.8) is 0 Å². The SMILES string of the molecule is NNC(Cc1ccc(Br)cn1)c1cnccn1. The van der Waals surface area contributed by atoms with Gasteiger partial charge in [0.2, 0.25) is 0 Å². The van der Waals surface area contributed by atoms with Gasteiger partial charge in [-0.3, -0.25) is 26.2 Å². The van der Waals surface area contributed by atoms with Crippen molar-refractivity contribution >= 4 is 15.9 Å². The first-order valence-electron chi connectivity index (χ1n) is 5.12. The summed E-state index contributed by atoms with van der Waals surface area (Å²) in [6.45, 7) is 0. The summed E-state index contributed by atoms with van der Waals surface area (Å²) < 4.78 is 0.956. The van der Waals surface area contributed by atoms with Crippen LogP contribution >= 0.6 is 15.9 Å². The Kier molecular flexibility index (Phi) is 4.13. The van der Waals surface area contributed by atoms with Gasteiger partial charge in [0.1, 0.15) is 0 Å². The number of hydrogen-bond acceptors (Lipinski definition) is 5. The van der Waals surface area contributed by atoms with Gasteiger partial charge in [0.15, 0.2) is 0 Å². The van der Waals surface area contributed by atoms with E-state index in [0.717, 1.165) is 15.9 Å². The van der Waals surface area contributed by atoms with E-state index in [-0.39, 0.29) is 6.04 Å². The summed E-state index contributed by atoms with van der Waals surface area (Å²) in [6, 6.07) is 3.81. The zero-order chi connectivity index (χ0) is 12.1. The molecule has 1 atom stereocenters. The molecule has 5 nitrogen and oxygen atoms in total. The third kappa shape index (κ3) is 3.29. The van der Waals surface area contributed by atoms with E-state index in [0.29, 0.717) is 6.42 Å². The highest BCUT2D eigenvalue weighted by Gasteiger charge is 2.12. The molecule has 0 amide bonds. The maximum absolute atomic E-state index is 5.53. The minimum Gasteiger partial charge on any atom is -0.271 e. The fourth-order valence-electron chi connectivity index (χ4n) is 1.48. The Labute approximate surface area is 108 Å². The Hall–Kier alpha value is -1.37. The molecule has 0 aliphatic heterocycles. The molecule has 0 spiro atoms. The number of nitrogens with zero attached hydrogens (tertiary/aromatic N) is 3. The van der Waals surface area contributed by atoms with Gasteiger partial charge in [-0.1, -0.05) is 0 Å². The van der Waals surface area contributed by atoms with Crippen LogP contribution in [0.15, 0.2) is 41.4 Å². The normalized spacial score (nSPS) is 12.4. The summed E-state index contributed by atoms with van der Waals surface area (Å²) in [5.74, 6) is 5.53. The molecule has 0 radical (unpaired) electrons. The van der Waals surface area contributed by atoms with E-state index in [1.54, 1.807) is 24.8 Å². The molecular weight excluding hydrogens is 282 g/mol. The van der Waals surface area contributed by atoms with Crippen LogP contribution in [0, 0.1) is 0 Å². The molecule has 0 saturated carbocycles. The van der Waals surface area contributed by atoms with Gasteiger partial charge < -0.3 is 0 Å². The lowest BCUT2D eigenvalue weighted by Crippen LogP contribution is -2.30. The van der Waals surface area contributed by atoms with Crippen LogP contribution in [-0.4, -0.2) is 15.0 Å². The lowest BCUT2D eigenvalue weighted by atomic mass is 10.1. The molecule has 2 aromatic rings. The zero-order valence-electron chi connectivity index (χ0n) is 9.05. The predicted molar refractivity (Wildman–Crippen MR) is 67.7 cm³/mol. The highest BCUT2D eigenvalue weighted by atomic mass is 79.9. The minimum absolute atomic E-state index is 0.0858. The fourth-order valence-corrected chi connectivity index (χ4v) is 1.71. The second-order valence-electron chi connectivity index (χ2n) is 3.52. The lowest BCUT2D eigenvalue weighted by Gasteiger charge is -2.14. The van der Waals surface area contributed by atoms with E-state index < -0.39 is 0 Å². The molecular formula is C11H12BrN5. The van der Waals surface area contributed by atoms with E-state index >= 15 is 0 Å². The van der Waals surface area contributed by atoms with Gasteiger partial charge in [0.05, 0.1) is 17.9 Å². The first kappa shape index (κ1) is 12.1. The van der Waals surface area contributed by atoms with Crippen molar-refractivity contribution in [3.8, 4) is 0 Å². The summed E-state index contributed by atoms with van der Waals surface area (Å²) >= 11 is 3.35. The number of nitrogens with two attached hydrogens (primary N) is 1. The van der Waals surface area contributed by atoms with Gasteiger partial charge in [-0.25, -0.2) is 0 Å². The van der Waals surface area contributed by atoms with Gasteiger partial charge >= 0.3 is 0 Å². The fraction of sp³-hybridized carbons (Fsp3) is 0.182. The summed E-state index contributed by atoms with van der Waals surface area (Å²) in [7, 11) is 0. The molecule has 0 saturated heterocycles. The van der Waals surface area contributed by atoms with Crippen LogP contribution in [0.4, 0.5) is 0 Å². The molecule has 0 fully saturated rings. The minimum atomic E-state index is -0.0858. The molecule has 0 aliphatic carbocycles. The smallest absolute Gasteiger partial charge is 0.0773 e. The number of halogens is 1. The molecule has 1 unspecified atom stereocenters. The predicted octanol–water partition coefficient (Wildman–Crippen LogP) is 1.38. The standard InChI is InChI=1S/C11H12BrN5/c12-8-1-2-9(16-6-8)5-10(17-13)11-7-14-3-4-15-11/h1-4,6-7,10,17H,5,13H2. The van der Waals surface area contributed by atoms with Crippen LogP contribution in [0.1, 0.15) is 17.4 Å². The molecule has 88 valence electrons. The molecule has 6 heteroatoms. The van der Waals surface area contributed by atoms with Crippen LogP contribution in [0.25, 0.3) is 0 Å². The number of hydrazine groups is 1. The molecule has 3 N–H and O–H groups in total. The highest BCUT2D eigenvalue weighted by molar-refractivity contribution is 9.10. The Morgan fingerprint density at radius 3 is 2.71 bits per heavy atom. The van der Waals surface area contributed by atoms with Crippen molar-refractivity contribution in [2.24, 2.45) is 5.84 Å². The molecule has 17 heavy (non-hydrogen) atoms. The number of pyridine rings is 1. The third-order valence-corrected chi connectivity index (χ3v) is 2.81. The van der Waals surface area contributed by atoms with Crippen molar-refractivity contribution in [3.05, 3.63) is 52.8 Å². The van der Waals surface area contributed by atoms with Gasteiger partial charge in [0.25, 0.3) is 0 Å². The van der Waals surface area contributed by atoms with Crippen LogP contribution in [0.5, 0.6) is 0 Å². The quantitative estimate of drug-likeness (QED) is 0.658. The summed E-state index contributed by atoms with van der Waals surface area (Å²) in [5, 5.41) is 0. The average molecular weight is 294 g/mol. The van der Waals surface area contributed by atoms with E-state index in [1.807, 2.05) is 12.1 Å². The maximum Gasteiger partial charge on any atom is 0.0773 e. The van der Waals surface area contributed by atoms with Gasteiger partial charge in [-0.2, -0.15) is 0 Å². The summed E-state index contributed by atoms with van der Waals surface area (Å²) in [5.41, 5.74) is 4.48. The summed E-state index contributed by atoms with van der Waals surface area (Å²) in [6.07, 6.45) is 7.41. The van der Waals surface area contributed by atoms with Crippen molar-refractivity contribution in [1.82, 2.24) is 20.4 Å². The first-order chi connectivity index (χ1) is 8.29. The van der Waals surface area contributed by atoms with E-state index in [2.05, 4.69) is 36.3 Å². The maximum atomic E-state index is 5.53. The second-order valence-corrected chi connectivity index (χ2v) is 4.44. The molecule has 2 aromatic heterocycles. The van der Waals surface area contributed by atoms with Crippen LogP contribution in [0.2, 0.25) is 0 Å². The Morgan fingerprint density at radius 1 is 1.24 bits per heavy atom. The van der Waals surface area contributed by atoms with Crippen molar-refractivity contribution in [2.45, 2.75) is 12.5 Å². The lowest BCUT2D eigenvalue weighted by molar-refractivity contribution is 0.530. The summed E-state index contributed by atoms with van der Waals surface area (Å²) in [4.78, 5) is 12.5. The molecule has 0 bridgehead atoms. The third-order valence-electron chi connectivity index (χ3n) is 2.34. The number of hydrogen-bond donors (Lipinski definition) is 2. The Balaban J connectivity index is 2.13. The molecule has 2 rings (SSSR count). The van der Waals surface area contributed by atoms with Gasteiger partial charge in [-0.05, 0) is 28.1 Å².